The van der Waals surface area contributed by atoms with Gasteiger partial charge in [-0.3, -0.25) is 0 Å². The number of piperazine rings is 1. The molecule has 1 fully saturated rings. The molecule has 0 radical (unpaired) electrons. The molecule has 0 atom stereocenters. The second-order valence-electron chi connectivity index (χ2n) is 3.71. The van der Waals surface area contributed by atoms with Gasteiger partial charge in [0.2, 0.25) is 0 Å². The third-order valence-electron chi connectivity index (χ3n) is 2.67. The Morgan fingerprint density at radius 3 is 3.00 bits per heavy atom. The molecule has 1 aromatic carbocycles. The van der Waals surface area contributed by atoms with Crippen molar-refractivity contribution in [3.8, 4) is 5.75 Å². The Labute approximate surface area is 101 Å². The predicted octanol–water partition coefficient (Wildman–Crippen LogP) is 2.27. The Morgan fingerprint density at radius 1 is 1.50 bits per heavy atom. The standard InChI is InChI=1S/C12H15ClN2O/c1-9-8-14-5-6-15(9)10-3-4-11(13)12(7-10)16-2/h3-4,7,14H,1,5-6,8H2,2H3. The summed E-state index contributed by atoms with van der Waals surface area (Å²) in [6.45, 7) is 6.75. The molecule has 0 aromatic heterocycles. The maximum absolute atomic E-state index is 5.99. The minimum atomic E-state index is 0.631. The summed E-state index contributed by atoms with van der Waals surface area (Å²) in [5.41, 5.74) is 2.14. The number of hydrogen-bond donors (Lipinski definition) is 1. The zero-order valence-electron chi connectivity index (χ0n) is 9.29. The average molecular weight is 239 g/mol. The summed E-state index contributed by atoms with van der Waals surface area (Å²) < 4.78 is 5.21. The quantitative estimate of drug-likeness (QED) is 0.856. The second kappa shape index (κ2) is 4.76. The van der Waals surface area contributed by atoms with Crippen molar-refractivity contribution in [1.82, 2.24) is 5.32 Å². The Hall–Kier alpha value is -1.19. The van der Waals surface area contributed by atoms with Crippen LogP contribution in [-0.4, -0.2) is 26.7 Å². The molecule has 1 N–H and O–H groups in total. The summed E-state index contributed by atoms with van der Waals surface area (Å²) in [6.07, 6.45) is 0. The van der Waals surface area contributed by atoms with Crippen LogP contribution in [0.15, 0.2) is 30.5 Å². The SMILES string of the molecule is C=C1CNCCN1c1ccc(Cl)c(OC)c1. The molecule has 2 rings (SSSR count). The van der Waals surface area contributed by atoms with Gasteiger partial charge in [-0.05, 0) is 12.1 Å². The maximum Gasteiger partial charge on any atom is 0.139 e. The smallest absolute Gasteiger partial charge is 0.139 e. The first-order chi connectivity index (χ1) is 7.72. The van der Waals surface area contributed by atoms with Crippen LogP contribution in [0, 0.1) is 0 Å². The van der Waals surface area contributed by atoms with E-state index in [1.807, 2.05) is 18.2 Å². The lowest BCUT2D eigenvalue weighted by molar-refractivity contribution is 0.415. The molecular weight excluding hydrogens is 224 g/mol. The number of ether oxygens (including phenoxy) is 1. The number of rotatable bonds is 2. The summed E-state index contributed by atoms with van der Waals surface area (Å²) >= 11 is 5.99. The molecule has 0 aliphatic carbocycles. The molecule has 0 bridgehead atoms. The van der Waals surface area contributed by atoms with Crippen LogP contribution in [0.4, 0.5) is 5.69 Å². The fourth-order valence-electron chi connectivity index (χ4n) is 1.81. The molecule has 1 aliphatic heterocycles. The van der Waals surface area contributed by atoms with Crippen molar-refractivity contribution < 1.29 is 4.74 Å². The normalized spacial score (nSPS) is 16.4. The largest absolute Gasteiger partial charge is 0.495 e. The van der Waals surface area contributed by atoms with Crippen molar-refractivity contribution in [3.63, 3.8) is 0 Å². The van der Waals surface area contributed by atoms with Gasteiger partial charge in [-0.2, -0.15) is 0 Å². The van der Waals surface area contributed by atoms with E-state index in [9.17, 15) is 0 Å². The van der Waals surface area contributed by atoms with Crippen molar-refractivity contribution in [3.05, 3.63) is 35.5 Å². The fourth-order valence-corrected chi connectivity index (χ4v) is 2.00. The lowest BCUT2D eigenvalue weighted by atomic mass is 10.2. The van der Waals surface area contributed by atoms with E-state index in [1.165, 1.54) is 0 Å². The number of methoxy groups -OCH3 is 1. The number of nitrogens with zero attached hydrogens (tertiary/aromatic N) is 1. The van der Waals surface area contributed by atoms with Gasteiger partial charge in [0.15, 0.2) is 0 Å². The highest BCUT2D eigenvalue weighted by atomic mass is 35.5. The van der Waals surface area contributed by atoms with Crippen molar-refractivity contribution >= 4 is 17.3 Å². The van der Waals surface area contributed by atoms with Crippen LogP contribution in [0.25, 0.3) is 0 Å². The summed E-state index contributed by atoms with van der Waals surface area (Å²) in [7, 11) is 1.62. The predicted molar refractivity (Wildman–Crippen MR) is 67.4 cm³/mol. The zero-order valence-corrected chi connectivity index (χ0v) is 10.0. The lowest BCUT2D eigenvalue weighted by Crippen LogP contribution is -2.41. The number of anilines is 1. The highest BCUT2D eigenvalue weighted by Gasteiger charge is 2.15. The second-order valence-corrected chi connectivity index (χ2v) is 4.12. The molecule has 1 aromatic rings. The van der Waals surface area contributed by atoms with Gasteiger partial charge in [-0.25, -0.2) is 0 Å². The Balaban J connectivity index is 2.29. The summed E-state index contributed by atoms with van der Waals surface area (Å²) in [4.78, 5) is 2.18. The Kier molecular flexibility index (Phi) is 3.36. The minimum Gasteiger partial charge on any atom is -0.495 e. The first kappa shape index (κ1) is 11.3. The first-order valence-electron chi connectivity index (χ1n) is 5.22. The van der Waals surface area contributed by atoms with Crippen molar-refractivity contribution in [2.45, 2.75) is 0 Å². The molecule has 0 saturated carbocycles. The van der Waals surface area contributed by atoms with Gasteiger partial charge in [0, 0.05) is 37.1 Å². The number of halogens is 1. The third kappa shape index (κ3) is 2.15. The first-order valence-corrected chi connectivity index (χ1v) is 5.60. The molecule has 16 heavy (non-hydrogen) atoms. The highest BCUT2D eigenvalue weighted by molar-refractivity contribution is 6.32. The third-order valence-corrected chi connectivity index (χ3v) is 2.98. The van der Waals surface area contributed by atoms with Crippen LogP contribution in [0.5, 0.6) is 5.75 Å². The van der Waals surface area contributed by atoms with E-state index in [-0.39, 0.29) is 0 Å². The van der Waals surface area contributed by atoms with E-state index in [0.717, 1.165) is 31.0 Å². The molecule has 3 nitrogen and oxygen atoms in total. The fraction of sp³-hybridized carbons (Fsp3) is 0.333. The van der Waals surface area contributed by atoms with Gasteiger partial charge in [0.1, 0.15) is 5.75 Å². The van der Waals surface area contributed by atoms with E-state index in [2.05, 4.69) is 16.8 Å². The van der Waals surface area contributed by atoms with E-state index in [4.69, 9.17) is 16.3 Å². The van der Waals surface area contributed by atoms with E-state index in [1.54, 1.807) is 7.11 Å². The van der Waals surface area contributed by atoms with Gasteiger partial charge in [-0.15, -0.1) is 0 Å². The molecule has 0 amide bonds. The topological polar surface area (TPSA) is 24.5 Å². The monoisotopic (exact) mass is 238 g/mol. The van der Waals surface area contributed by atoms with E-state index in [0.29, 0.717) is 10.8 Å². The summed E-state index contributed by atoms with van der Waals surface area (Å²) in [5.74, 6) is 0.700. The molecule has 1 aliphatic rings. The lowest BCUT2D eigenvalue weighted by Gasteiger charge is -2.31. The molecule has 1 heterocycles. The maximum atomic E-state index is 5.99. The average Bonchev–Trinajstić information content (AvgIpc) is 2.31. The van der Waals surface area contributed by atoms with E-state index >= 15 is 0 Å². The molecule has 0 spiro atoms. The van der Waals surface area contributed by atoms with Gasteiger partial charge in [0.05, 0.1) is 12.1 Å². The molecular formula is C12H15ClN2O. The van der Waals surface area contributed by atoms with Crippen LogP contribution >= 0.6 is 11.6 Å². The Bertz CT molecular complexity index is 406. The number of nitrogens with one attached hydrogen (secondary N) is 1. The van der Waals surface area contributed by atoms with Crippen molar-refractivity contribution in [2.75, 3.05) is 31.6 Å². The molecule has 0 unspecified atom stereocenters. The van der Waals surface area contributed by atoms with Crippen LogP contribution in [0.1, 0.15) is 0 Å². The molecule has 86 valence electrons. The van der Waals surface area contributed by atoms with E-state index < -0.39 is 0 Å². The van der Waals surface area contributed by atoms with Crippen LogP contribution in [-0.2, 0) is 0 Å². The zero-order chi connectivity index (χ0) is 11.5. The highest BCUT2D eigenvalue weighted by Crippen LogP contribution is 2.30. The molecule has 4 heteroatoms. The van der Waals surface area contributed by atoms with Gasteiger partial charge in [-0.1, -0.05) is 18.2 Å². The molecule has 1 saturated heterocycles. The summed E-state index contributed by atoms with van der Waals surface area (Å²) in [6, 6.07) is 5.78. The van der Waals surface area contributed by atoms with Crippen LogP contribution in [0.2, 0.25) is 5.02 Å². The van der Waals surface area contributed by atoms with Crippen LogP contribution in [0.3, 0.4) is 0 Å². The van der Waals surface area contributed by atoms with Crippen molar-refractivity contribution in [1.29, 1.82) is 0 Å². The van der Waals surface area contributed by atoms with Gasteiger partial charge in [0.25, 0.3) is 0 Å². The number of hydrogen-bond acceptors (Lipinski definition) is 3. The van der Waals surface area contributed by atoms with Crippen molar-refractivity contribution in [2.24, 2.45) is 0 Å². The van der Waals surface area contributed by atoms with Gasteiger partial charge < -0.3 is 15.0 Å². The van der Waals surface area contributed by atoms with Crippen LogP contribution < -0.4 is 15.0 Å². The van der Waals surface area contributed by atoms with Gasteiger partial charge >= 0.3 is 0 Å². The summed E-state index contributed by atoms with van der Waals surface area (Å²) in [5, 5.41) is 3.91. The number of benzene rings is 1. The minimum absolute atomic E-state index is 0.631. The Morgan fingerprint density at radius 2 is 2.31 bits per heavy atom.